The third-order valence-corrected chi connectivity index (χ3v) is 8.49. The number of rotatable bonds is 11. The Hall–Kier alpha value is -5.12. The molecule has 4 aromatic rings. The van der Waals surface area contributed by atoms with Crippen molar-refractivity contribution < 1.29 is 23.9 Å². The fourth-order valence-electron chi connectivity index (χ4n) is 5.95. The van der Waals surface area contributed by atoms with Crippen LogP contribution in [0, 0.1) is 5.92 Å². The number of benzene rings is 3. The fourth-order valence-corrected chi connectivity index (χ4v) is 5.95. The Kier molecular flexibility index (Phi) is 10.1. The Labute approximate surface area is 262 Å². The molecule has 1 aliphatic heterocycles. The number of aromatic amines is 1. The van der Waals surface area contributed by atoms with Gasteiger partial charge >= 0.3 is 6.09 Å². The van der Waals surface area contributed by atoms with Crippen molar-refractivity contribution in [1.29, 1.82) is 0 Å². The van der Waals surface area contributed by atoms with Crippen LogP contribution in [0.25, 0.3) is 10.9 Å². The number of carbonyl (C=O) groups is 4. The molecule has 2 atom stereocenters. The highest BCUT2D eigenvalue weighted by molar-refractivity contribution is 5.98. The summed E-state index contributed by atoms with van der Waals surface area (Å²) >= 11 is 0. The summed E-state index contributed by atoms with van der Waals surface area (Å²) in [5.41, 5.74) is 8.81. The van der Waals surface area contributed by atoms with Gasteiger partial charge in [-0.25, -0.2) is 4.79 Å². The van der Waals surface area contributed by atoms with Crippen LogP contribution in [-0.4, -0.2) is 52.8 Å². The second-order valence-corrected chi connectivity index (χ2v) is 11.6. The van der Waals surface area contributed by atoms with Crippen molar-refractivity contribution in [1.82, 2.24) is 15.2 Å². The first-order chi connectivity index (χ1) is 21.8. The van der Waals surface area contributed by atoms with Crippen LogP contribution in [0.1, 0.15) is 60.0 Å². The zero-order valence-corrected chi connectivity index (χ0v) is 25.3. The van der Waals surface area contributed by atoms with Crippen LogP contribution in [0.15, 0.2) is 85.1 Å². The summed E-state index contributed by atoms with van der Waals surface area (Å²) in [5.74, 6) is -0.550. The number of nitrogens with one attached hydrogen (secondary N) is 3. The molecule has 0 saturated carbocycles. The summed E-state index contributed by atoms with van der Waals surface area (Å²) in [6.07, 6.45) is 3.62. The third kappa shape index (κ3) is 8.08. The number of amides is 4. The Morgan fingerprint density at radius 2 is 1.71 bits per heavy atom. The van der Waals surface area contributed by atoms with E-state index in [9.17, 15) is 19.2 Å². The number of nitrogens with zero attached hydrogens (tertiary/aromatic N) is 1. The van der Waals surface area contributed by atoms with Gasteiger partial charge in [-0.15, -0.1) is 0 Å². The Morgan fingerprint density at radius 1 is 0.978 bits per heavy atom. The number of ether oxygens (including phenoxy) is 1. The van der Waals surface area contributed by atoms with Gasteiger partial charge in [-0.3, -0.25) is 14.4 Å². The number of fused-ring (bicyclic) bond motifs is 1. The molecule has 5 rings (SSSR count). The predicted molar refractivity (Wildman–Crippen MR) is 172 cm³/mol. The molecule has 0 radical (unpaired) electrons. The summed E-state index contributed by atoms with van der Waals surface area (Å²) in [5, 5.41) is 6.93. The van der Waals surface area contributed by atoms with Crippen molar-refractivity contribution in [2.45, 2.75) is 51.2 Å². The van der Waals surface area contributed by atoms with Crippen molar-refractivity contribution in [3.63, 3.8) is 0 Å². The van der Waals surface area contributed by atoms with E-state index in [2.05, 4.69) is 15.6 Å². The van der Waals surface area contributed by atoms with Gasteiger partial charge < -0.3 is 31.0 Å². The lowest BCUT2D eigenvalue weighted by molar-refractivity contribution is -0.127. The number of hydrogen-bond donors (Lipinski definition) is 4. The number of para-hydroxylation sites is 1. The van der Waals surface area contributed by atoms with Gasteiger partial charge in [0.2, 0.25) is 11.8 Å². The quantitative estimate of drug-likeness (QED) is 0.182. The van der Waals surface area contributed by atoms with Crippen LogP contribution in [0.4, 0.5) is 10.5 Å². The number of nitrogens with two attached hydrogens (primary N) is 1. The van der Waals surface area contributed by atoms with Crippen LogP contribution < -0.4 is 16.4 Å². The standard InChI is InChI=1S/C35H39N5O5/c1-23(29-21-37-30-13-6-5-12-28(29)30)32(33(42)38-27-11-7-8-25(20-27)22-45-35(36)44)39-31(41)15-14-24-16-18-40(19-17-24)34(43)26-9-3-2-4-10-26/h2-13,20-21,23-24,32,37H,14-19,22H2,1H3,(H2,36,44)(H,38,42)(H,39,41)/t23-,32+/m0/s1. The maximum atomic E-state index is 13.7. The third-order valence-electron chi connectivity index (χ3n) is 8.49. The second-order valence-electron chi connectivity index (χ2n) is 11.6. The predicted octanol–water partition coefficient (Wildman–Crippen LogP) is 5.32. The van der Waals surface area contributed by atoms with E-state index < -0.39 is 12.1 Å². The van der Waals surface area contributed by atoms with E-state index in [1.807, 2.05) is 72.6 Å². The van der Waals surface area contributed by atoms with Gasteiger partial charge in [0.05, 0.1) is 0 Å². The number of carbonyl (C=O) groups excluding carboxylic acids is 4. The minimum Gasteiger partial charge on any atom is -0.445 e. The summed E-state index contributed by atoms with van der Waals surface area (Å²) in [6.45, 7) is 3.22. The minimum absolute atomic E-state index is 0.0235. The van der Waals surface area contributed by atoms with Crippen LogP contribution in [0.5, 0.6) is 0 Å². The van der Waals surface area contributed by atoms with E-state index in [1.165, 1.54) is 0 Å². The van der Waals surface area contributed by atoms with Gasteiger partial charge in [-0.05, 0) is 66.6 Å². The number of likely N-dealkylation sites (tertiary alicyclic amines) is 1. The largest absolute Gasteiger partial charge is 0.445 e. The molecular weight excluding hydrogens is 570 g/mol. The molecule has 1 fully saturated rings. The topological polar surface area (TPSA) is 147 Å². The lowest BCUT2D eigenvalue weighted by atomic mass is 9.90. The molecule has 4 amide bonds. The van der Waals surface area contributed by atoms with E-state index >= 15 is 0 Å². The summed E-state index contributed by atoms with van der Waals surface area (Å²) in [6, 6.07) is 23.2. The number of aromatic nitrogens is 1. The van der Waals surface area contributed by atoms with Gasteiger partial charge in [0.15, 0.2) is 0 Å². The molecule has 2 heterocycles. The molecule has 0 aliphatic carbocycles. The first kappa shape index (κ1) is 31.3. The molecule has 10 heteroatoms. The lowest BCUT2D eigenvalue weighted by Crippen LogP contribution is -2.47. The highest BCUT2D eigenvalue weighted by Gasteiger charge is 2.30. The maximum Gasteiger partial charge on any atom is 0.404 e. The molecule has 234 valence electrons. The monoisotopic (exact) mass is 609 g/mol. The molecule has 45 heavy (non-hydrogen) atoms. The van der Waals surface area contributed by atoms with Crippen molar-refractivity contribution in [3.05, 3.63) is 102 Å². The second kappa shape index (κ2) is 14.6. The number of primary amides is 1. The van der Waals surface area contributed by atoms with Gasteiger partial charge in [-0.2, -0.15) is 0 Å². The van der Waals surface area contributed by atoms with E-state index in [0.29, 0.717) is 42.2 Å². The normalized spacial score (nSPS) is 14.8. The van der Waals surface area contributed by atoms with Crippen molar-refractivity contribution in [2.24, 2.45) is 11.7 Å². The van der Waals surface area contributed by atoms with E-state index in [-0.39, 0.29) is 36.7 Å². The average molecular weight is 610 g/mol. The zero-order chi connectivity index (χ0) is 31.8. The highest BCUT2D eigenvalue weighted by atomic mass is 16.5. The van der Waals surface area contributed by atoms with Gasteiger partial charge in [0.25, 0.3) is 5.91 Å². The highest BCUT2D eigenvalue weighted by Crippen LogP contribution is 2.29. The summed E-state index contributed by atoms with van der Waals surface area (Å²) < 4.78 is 4.88. The zero-order valence-electron chi connectivity index (χ0n) is 25.3. The fraction of sp³-hybridized carbons (Fsp3) is 0.314. The van der Waals surface area contributed by atoms with Crippen LogP contribution in [0.3, 0.4) is 0 Å². The molecule has 5 N–H and O–H groups in total. The van der Waals surface area contributed by atoms with Crippen LogP contribution >= 0.6 is 0 Å². The summed E-state index contributed by atoms with van der Waals surface area (Å²) in [4.78, 5) is 56.0. The SMILES string of the molecule is C[C@@H](c1c[nH]c2ccccc12)[C@@H](NC(=O)CCC1CCN(C(=O)c2ccccc2)CC1)C(=O)Nc1cccc(COC(N)=O)c1. The lowest BCUT2D eigenvalue weighted by Gasteiger charge is -2.32. The van der Waals surface area contributed by atoms with Crippen molar-refractivity contribution >= 4 is 40.4 Å². The number of anilines is 1. The minimum atomic E-state index is -0.883. The van der Waals surface area contributed by atoms with Crippen LogP contribution in [0.2, 0.25) is 0 Å². The van der Waals surface area contributed by atoms with Gasteiger partial charge in [0, 0.05) is 53.8 Å². The average Bonchev–Trinajstić information content (AvgIpc) is 3.50. The molecule has 1 aliphatic rings. The van der Waals surface area contributed by atoms with Crippen LogP contribution in [-0.2, 0) is 20.9 Å². The maximum absolute atomic E-state index is 13.7. The molecule has 0 spiro atoms. The number of piperidine rings is 1. The molecule has 1 saturated heterocycles. The molecule has 3 aromatic carbocycles. The summed E-state index contributed by atoms with van der Waals surface area (Å²) in [7, 11) is 0. The first-order valence-electron chi connectivity index (χ1n) is 15.3. The number of H-pyrrole nitrogens is 1. The Bertz CT molecular complexity index is 1640. The number of hydrogen-bond acceptors (Lipinski definition) is 5. The Balaban J connectivity index is 1.23. The van der Waals surface area contributed by atoms with Crippen molar-refractivity contribution in [3.8, 4) is 0 Å². The van der Waals surface area contributed by atoms with Gasteiger partial charge in [0.1, 0.15) is 12.6 Å². The molecule has 0 bridgehead atoms. The Morgan fingerprint density at radius 3 is 2.47 bits per heavy atom. The van der Waals surface area contributed by atoms with Crippen molar-refractivity contribution in [2.75, 3.05) is 18.4 Å². The smallest absolute Gasteiger partial charge is 0.404 e. The first-order valence-corrected chi connectivity index (χ1v) is 15.3. The van der Waals surface area contributed by atoms with E-state index in [4.69, 9.17) is 10.5 Å². The molecule has 0 unspecified atom stereocenters. The molecular formula is C35H39N5O5. The van der Waals surface area contributed by atoms with E-state index in [0.717, 1.165) is 29.3 Å². The van der Waals surface area contributed by atoms with E-state index in [1.54, 1.807) is 24.3 Å². The molecule has 1 aromatic heterocycles. The van der Waals surface area contributed by atoms with Gasteiger partial charge in [-0.1, -0.05) is 55.5 Å². The molecule has 10 nitrogen and oxygen atoms in total.